The van der Waals surface area contributed by atoms with Gasteiger partial charge < -0.3 is 14.8 Å². The van der Waals surface area contributed by atoms with Gasteiger partial charge in [0.2, 0.25) is 5.88 Å². The molecule has 1 N–H and O–H groups in total. The fourth-order valence-electron chi connectivity index (χ4n) is 2.56. The minimum atomic E-state index is 0.109. The first-order valence-corrected chi connectivity index (χ1v) is 6.74. The molecule has 2 atom stereocenters. The van der Waals surface area contributed by atoms with Crippen molar-refractivity contribution < 1.29 is 9.47 Å². The average molecular weight is 265 g/mol. The number of aromatic nitrogens is 2. The van der Waals surface area contributed by atoms with E-state index in [1.807, 2.05) is 13.8 Å². The van der Waals surface area contributed by atoms with Gasteiger partial charge in [-0.15, -0.1) is 0 Å². The fourth-order valence-corrected chi connectivity index (χ4v) is 2.56. The topological polar surface area (TPSA) is 56.3 Å². The number of hydrogen-bond acceptors (Lipinski definition) is 5. The molecule has 1 aliphatic rings. The molecule has 1 aromatic heterocycles. The maximum Gasteiger partial charge on any atom is 0.221 e. The first kappa shape index (κ1) is 14.1. The molecule has 1 aliphatic carbocycles. The quantitative estimate of drug-likeness (QED) is 0.886. The lowest BCUT2D eigenvalue weighted by Gasteiger charge is -2.51. The standard InChI is InChI=1S/C14H23N3O2/c1-6-19-13-9(2)12(15-8-16-13)17-10-7-11(18-5)14(10,3)4/h8,10-11H,6-7H2,1-5H3,(H,15,16,17). The van der Waals surface area contributed by atoms with E-state index in [4.69, 9.17) is 9.47 Å². The molecule has 0 aliphatic heterocycles. The number of rotatable bonds is 5. The molecule has 1 saturated carbocycles. The Labute approximate surface area is 114 Å². The second-order valence-electron chi connectivity index (χ2n) is 5.56. The normalized spacial score (nSPS) is 24.7. The first-order chi connectivity index (χ1) is 9.00. The van der Waals surface area contributed by atoms with Crippen LogP contribution in [0.3, 0.4) is 0 Å². The van der Waals surface area contributed by atoms with Crippen LogP contribution in [0, 0.1) is 12.3 Å². The van der Waals surface area contributed by atoms with Crippen molar-refractivity contribution in [2.45, 2.75) is 46.3 Å². The molecular weight excluding hydrogens is 242 g/mol. The lowest BCUT2D eigenvalue weighted by Crippen LogP contribution is -2.57. The second kappa shape index (κ2) is 5.33. The Balaban J connectivity index is 2.10. The van der Waals surface area contributed by atoms with Gasteiger partial charge in [-0.2, -0.15) is 0 Å². The highest BCUT2D eigenvalue weighted by Crippen LogP contribution is 2.44. The van der Waals surface area contributed by atoms with E-state index >= 15 is 0 Å². The summed E-state index contributed by atoms with van der Waals surface area (Å²) in [6.45, 7) is 8.96. The van der Waals surface area contributed by atoms with E-state index in [2.05, 4.69) is 29.1 Å². The monoisotopic (exact) mass is 265 g/mol. The lowest BCUT2D eigenvalue weighted by molar-refractivity contribution is -0.0795. The van der Waals surface area contributed by atoms with Crippen LogP contribution in [0.15, 0.2) is 6.33 Å². The van der Waals surface area contributed by atoms with E-state index in [-0.39, 0.29) is 5.41 Å². The van der Waals surface area contributed by atoms with Gasteiger partial charge >= 0.3 is 0 Å². The summed E-state index contributed by atoms with van der Waals surface area (Å²) in [5, 5.41) is 3.49. The van der Waals surface area contributed by atoms with Crippen LogP contribution in [-0.2, 0) is 4.74 Å². The second-order valence-corrected chi connectivity index (χ2v) is 5.56. The molecule has 0 saturated heterocycles. The molecule has 19 heavy (non-hydrogen) atoms. The molecule has 0 spiro atoms. The van der Waals surface area contributed by atoms with Crippen LogP contribution in [-0.4, -0.2) is 35.8 Å². The Morgan fingerprint density at radius 1 is 1.42 bits per heavy atom. The molecule has 2 unspecified atom stereocenters. The van der Waals surface area contributed by atoms with Crippen LogP contribution in [0.25, 0.3) is 0 Å². The third-order valence-corrected chi connectivity index (χ3v) is 4.09. The summed E-state index contributed by atoms with van der Waals surface area (Å²) in [6, 6.07) is 0.362. The number of anilines is 1. The third kappa shape index (κ3) is 2.52. The Morgan fingerprint density at radius 2 is 2.16 bits per heavy atom. The zero-order chi connectivity index (χ0) is 14.0. The van der Waals surface area contributed by atoms with Crippen LogP contribution >= 0.6 is 0 Å². The highest BCUT2D eigenvalue weighted by atomic mass is 16.5. The number of methoxy groups -OCH3 is 1. The van der Waals surface area contributed by atoms with E-state index in [0.717, 1.165) is 17.8 Å². The summed E-state index contributed by atoms with van der Waals surface area (Å²) >= 11 is 0. The molecule has 2 rings (SSSR count). The van der Waals surface area contributed by atoms with Crippen LogP contribution in [0.4, 0.5) is 5.82 Å². The minimum Gasteiger partial charge on any atom is -0.478 e. The Bertz CT molecular complexity index is 448. The molecule has 5 nitrogen and oxygen atoms in total. The Kier molecular flexibility index (Phi) is 3.94. The number of nitrogens with zero attached hydrogens (tertiary/aromatic N) is 2. The fraction of sp³-hybridized carbons (Fsp3) is 0.714. The molecule has 5 heteroatoms. The molecule has 1 aromatic rings. The van der Waals surface area contributed by atoms with Gasteiger partial charge in [0.1, 0.15) is 12.1 Å². The summed E-state index contributed by atoms with van der Waals surface area (Å²) in [5.41, 5.74) is 1.07. The summed E-state index contributed by atoms with van der Waals surface area (Å²) in [5.74, 6) is 1.51. The van der Waals surface area contributed by atoms with Gasteiger partial charge in [-0.1, -0.05) is 13.8 Å². The van der Waals surface area contributed by atoms with Crippen LogP contribution in [0.1, 0.15) is 32.8 Å². The molecule has 1 heterocycles. The maximum absolute atomic E-state index is 5.49. The molecule has 0 radical (unpaired) electrons. The van der Waals surface area contributed by atoms with Gasteiger partial charge in [-0.05, 0) is 20.3 Å². The SMILES string of the molecule is CCOc1ncnc(NC2CC(OC)C2(C)C)c1C. The van der Waals surface area contributed by atoms with Gasteiger partial charge in [0, 0.05) is 18.6 Å². The highest BCUT2D eigenvalue weighted by Gasteiger charge is 2.48. The predicted octanol–water partition coefficient (Wildman–Crippen LogP) is 2.41. The van der Waals surface area contributed by atoms with E-state index < -0.39 is 0 Å². The summed E-state index contributed by atoms with van der Waals surface area (Å²) in [4.78, 5) is 8.47. The maximum atomic E-state index is 5.49. The molecule has 0 aromatic carbocycles. The van der Waals surface area contributed by atoms with E-state index in [1.54, 1.807) is 13.4 Å². The first-order valence-electron chi connectivity index (χ1n) is 6.74. The molecular formula is C14H23N3O2. The van der Waals surface area contributed by atoms with Crippen LogP contribution in [0.2, 0.25) is 0 Å². The van der Waals surface area contributed by atoms with Crippen molar-refractivity contribution in [3.05, 3.63) is 11.9 Å². The third-order valence-electron chi connectivity index (χ3n) is 4.09. The van der Waals surface area contributed by atoms with Crippen molar-refractivity contribution in [2.24, 2.45) is 5.41 Å². The zero-order valence-electron chi connectivity index (χ0n) is 12.4. The Morgan fingerprint density at radius 3 is 2.74 bits per heavy atom. The van der Waals surface area contributed by atoms with E-state index in [9.17, 15) is 0 Å². The van der Waals surface area contributed by atoms with Gasteiger partial charge in [-0.25, -0.2) is 9.97 Å². The predicted molar refractivity (Wildman–Crippen MR) is 74.5 cm³/mol. The molecule has 0 amide bonds. The van der Waals surface area contributed by atoms with E-state index in [0.29, 0.717) is 24.6 Å². The lowest BCUT2D eigenvalue weighted by atomic mass is 9.64. The van der Waals surface area contributed by atoms with Gasteiger partial charge in [0.05, 0.1) is 18.3 Å². The van der Waals surface area contributed by atoms with Crippen molar-refractivity contribution >= 4 is 5.82 Å². The summed E-state index contributed by atoms with van der Waals surface area (Å²) < 4.78 is 11.0. The van der Waals surface area contributed by atoms with Crippen molar-refractivity contribution in [1.29, 1.82) is 0 Å². The zero-order valence-corrected chi connectivity index (χ0v) is 12.4. The largest absolute Gasteiger partial charge is 0.478 e. The molecule has 106 valence electrons. The number of nitrogens with one attached hydrogen (secondary N) is 1. The van der Waals surface area contributed by atoms with Crippen molar-refractivity contribution in [3.63, 3.8) is 0 Å². The Hall–Kier alpha value is -1.36. The van der Waals surface area contributed by atoms with E-state index in [1.165, 1.54) is 0 Å². The summed E-state index contributed by atoms with van der Waals surface area (Å²) in [7, 11) is 1.77. The van der Waals surface area contributed by atoms with Crippen LogP contribution < -0.4 is 10.1 Å². The van der Waals surface area contributed by atoms with Gasteiger partial charge in [-0.3, -0.25) is 0 Å². The van der Waals surface area contributed by atoms with Crippen molar-refractivity contribution in [3.8, 4) is 5.88 Å². The average Bonchev–Trinajstić information content (AvgIpc) is 2.38. The van der Waals surface area contributed by atoms with Gasteiger partial charge in [0.25, 0.3) is 0 Å². The molecule has 0 bridgehead atoms. The summed E-state index contributed by atoms with van der Waals surface area (Å²) in [6.07, 6.45) is 2.84. The number of ether oxygens (including phenoxy) is 2. The van der Waals surface area contributed by atoms with Crippen molar-refractivity contribution in [2.75, 3.05) is 19.0 Å². The van der Waals surface area contributed by atoms with Crippen LogP contribution in [0.5, 0.6) is 5.88 Å². The minimum absolute atomic E-state index is 0.109. The smallest absolute Gasteiger partial charge is 0.221 e. The van der Waals surface area contributed by atoms with Gasteiger partial charge in [0.15, 0.2) is 0 Å². The highest BCUT2D eigenvalue weighted by molar-refractivity contribution is 5.49. The molecule has 1 fully saturated rings. The number of hydrogen-bond donors (Lipinski definition) is 1. The van der Waals surface area contributed by atoms with Crippen molar-refractivity contribution in [1.82, 2.24) is 9.97 Å².